The van der Waals surface area contributed by atoms with Crippen LogP contribution < -0.4 is 5.32 Å². The Hall–Kier alpha value is -2.82. The van der Waals surface area contributed by atoms with E-state index in [1.54, 1.807) is 17.4 Å². The van der Waals surface area contributed by atoms with E-state index in [1.807, 2.05) is 30.3 Å². The second-order valence-corrected chi connectivity index (χ2v) is 7.74. The Morgan fingerprint density at radius 3 is 2.65 bits per heavy atom. The number of carbonyl (C=O) groups excluding carboxylic acids is 1. The number of carbonyl (C=O) groups is 1. The average molecular weight is 384 g/mol. The Balaban J connectivity index is 1.64. The van der Waals surface area contributed by atoms with Crippen LogP contribution in [0, 0.1) is 23.0 Å². The number of benzene rings is 2. The number of amides is 1. The summed E-state index contributed by atoms with van der Waals surface area (Å²) < 4.78 is 30.1. The van der Waals surface area contributed by atoms with Gasteiger partial charge in [-0.25, -0.2) is 8.78 Å². The van der Waals surface area contributed by atoms with Crippen LogP contribution in [0.1, 0.15) is 21.3 Å². The highest BCUT2D eigenvalue weighted by molar-refractivity contribution is 7.33. The van der Waals surface area contributed by atoms with Crippen molar-refractivity contribution in [3.63, 3.8) is 0 Å². The zero-order valence-electron chi connectivity index (χ0n) is 13.1. The van der Waals surface area contributed by atoms with Crippen molar-refractivity contribution in [3.05, 3.63) is 70.6 Å². The number of nitrogens with zero attached hydrogens (tertiary/aromatic N) is 1. The van der Waals surface area contributed by atoms with Crippen molar-refractivity contribution < 1.29 is 13.6 Å². The number of fused-ring (bicyclic) bond motifs is 3. The maximum atomic E-state index is 13.9. The van der Waals surface area contributed by atoms with Crippen LogP contribution in [0.2, 0.25) is 0 Å². The largest absolute Gasteiger partial charge is 0.332 e. The second kappa shape index (κ2) is 6.48. The SMILES string of the molecule is N#CC(NC(=O)c1cc2sc3ccccc3c2s1)c1ccc(F)cc1F. The van der Waals surface area contributed by atoms with Crippen molar-refractivity contribution in [2.45, 2.75) is 6.04 Å². The third-order valence-electron chi connectivity index (χ3n) is 3.95. The first-order chi connectivity index (χ1) is 12.6. The molecule has 4 rings (SSSR count). The molecule has 1 amide bonds. The van der Waals surface area contributed by atoms with E-state index < -0.39 is 23.6 Å². The van der Waals surface area contributed by atoms with Gasteiger partial charge in [-0.2, -0.15) is 5.26 Å². The summed E-state index contributed by atoms with van der Waals surface area (Å²) in [4.78, 5) is 13.0. The lowest BCUT2D eigenvalue weighted by molar-refractivity contribution is 0.0949. The molecule has 0 aliphatic carbocycles. The smallest absolute Gasteiger partial charge is 0.262 e. The minimum Gasteiger partial charge on any atom is -0.332 e. The zero-order chi connectivity index (χ0) is 18.3. The molecule has 0 bridgehead atoms. The fourth-order valence-electron chi connectivity index (χ4n) is 2.73. The summed E-state index contributed by atoms with van der Waals surface area (Å²) in [7, 11) is 0. The van der Waals surface area contributed by atoms with E-state index >= 15 is 0 Å². The highest BCUT2D eigenvalue weighted by Crippen LogP contribution is 2.39. The molecule has 0 saturated heterocycles. The first kappa shape index (κ1) is 16.6. The van der Waals surface area contributed by atoms with Gasteiger partial charge in [0, 0.05) is 26.4 Å². The summed E-state index contributed by atoms with van der Waals surface area (Å²) >= 11 is 2.92. The number of nitriles is 1. The van der Waals surface area contributed by atoms with Crippen molar-refractivity contribution in [1.82, 2.24) is 5.32 Å². The summed E-state index contributed by atoms with van der Waals surface area (Å²) in [6, 6.07) is 13.3. The van der Waals surface area contributed by atoms with Gasteiger partial charge in [-0.1, -0.05) is 24.3 Å². The van der Waals surface area contributed by atoms with Crippen LogP contribution in [0.4, 0.5) is 8.78 Å². The van der Waals surface area contributed by atoms with Gasteiger partial charge in [0.15, 0.2) is 0 Å². The molecule has 7 heteroatoms. The van der Waals surface area contributed by atoms with Crippen LogP contribution in [-0.4, -0.2) is 5.91 Å². The zero-order valence-corrected chi connectivity index (χ0v) is 14.8. The van der Waals surface area contributed by atoms with Gasteiger partial charge in [-0.15, -0.1) is 22.7 Å². The van der Waals surface area contributed by atoms with Crippen molar-refractivity contribution >= 4 is 48.1 Å². The fourth-order valence-corrected chi connectivity index (χ4v) is 5.16. The minimum atomic E-state index is -1.19. The normalized spacial score (nSPS) is 12.2. The molecule has 1 atom stereocenters. The topological polar surface area (TPSA) is 52.9 Å². The van der Waals surface area contributed by atoms with Crippen LogP contribution in [0.5, 0.6) is 0 Å². The first-order valence-corrected chi connectivity index (χ1v) is 9.26. The molecule has 0 radical (unpaired) electrons. The Labute approximate surface area is 155 Å². The van der Waals surface area contributed by atoms with Crippen LogP contribution in [0.3, 0.4) is 0 Å². The molecule has 0 saturated carbocycles. The van der Waals surface area contributed by atoms with Gasteiger partial charge in [0.2, 0.25) is 0 Å². The predicted octanol–water partition coefficient (Wildman–Crippen LogP) is 5.39. The molecule has 128 valence electrons. The molecule has 2 heterocycles. The third-order valence-corrected chi connectivity index (χ3v) is 6.37. The first-order valence-electron chi connectivity index (χ1n) is 7.63. The third kappa shape index (κ3) is 2.83. The monoisotopic (exact) mass is 384 g/mol. The summed E-state index contributed by atoms with van der Waals surface area (Å²) in [6.07, 6.45) is 0. The van der Waals surface area contributed by atoms with Gasteiger partial charge in [-0.05, 0) is 18.2 Å². The Morgan fingerprint density at radius 1 is 1.08 bits per heavy atom. The Kier molecular flexibility index (Phi) is 4.15. The van der Waals surface area contributed by atoms with Crippen molar-refractivity contribution in [3.8, 4) is 6.07 Å². The van der Waals surface area contributed by atoms with Crippen LogP contribution in [0.15, 0.2) is 48.5 Å². The predicted molar refractivity (Wildman–Crippen MR) is 99.4 cm³/mol. The summed E-state index contributed by atoms with van der Waals surface area (Å²) in [5.41, 5.74) is -0.0638. The maximum absolute atomic E-state index is 13.9. The van der Waals surface area contributed by atoms with Gasteiger partial charge in [0.1, 0.15) is 17.7 Å². The lowest BCUT2D eigenvalue weighted by Crippen LogP contribution is -2.27. The molecule has 4 aromatic rings. The number of nitrogens with one attached hydrogen (secondary N) is 1. The van der Waals surface area contributed by atoms with E-state index in [-0.39, 0.29) is 5.56 Å². The van der Waals surface area contributed by atoms with Gasteiger partial charge >= 0.3 is 0 Å². The molecular weight excluding hydrogens is 374 g/mol. The molecule has 26 heavy (non-hydrogen) atoms. The molecule has 1 N–H and O–H groups in total. The molecule has 0 aliphatic heterocycles. The molecule has 2 aromatic carbocycles. The quantitative estimate of drug-likeness (QED) is 0.515. The van der Waals surface area contributed by atoms with Gasteiger partial charge < -0.3 is 5.32 Å². The summed E-state index contributed by atoms with van der Waals surface area (Å²) in [6.45, 7) is 0. The highest BCUT2D eigenvalue weighted by Gasteiger charge is 2.21. The Bertz CT molecular complexity index is 1190. The lowest BCUT2D eigenvalue weighted by Gasteiger charge is -2.12. The average Bonchev–Trinajstić information content (AvgIpc) is 3.18. The Morgan fingerprint density at radius 2 is 1.88 bits per heavy atom. The van der Waals surface area contributed by atoms with Crippen molar-refractivity contribution in [1.29, 1.82) is 5.26 Å². The molecule has 0 fully saturated rings. The van der Waals surface area contributed by atoms with E-state index in [4.69, 9.17) is 0 Å². The standard InChI is InChI=1S/C19H10F2N2OS2/c20-10-5-6-11(13(21)7-10)14(9-22)23-19(24)17-8-16-18(26-17)12-3-1-2-4-15(12)25-16/h1-8,14H,(H,23,24). The molecule has 2 aromatic heterocycles. The molecule has 3 nitrogen and oxygen atoms in total. The van der Waals surface area contributed by atoms with Crippen LogP contribution in [-0.2, 0) is 0 Å². The van der Waals surface area contributed by atoms with E-state index in [1.165, 1.54) is 17.4 Å². The number of hydrogen-bond donors (Lipinski definition) is 1. The second-order valence-electron chi connectivity index (χ2n) is 5.60. The molecular formula is C19H10F2N2OS2. The highest BCUT2D eigenvalue weighted by atomic mass is 32.1. The number of hydrogen-bond acceptors (Lipinski definition) is 4. The number of thiophene rings is 2. The van der Waals surface area contributed by atoms with Gasteiger partial charge in [0.05, 0.1) is 15.6 Å². The molecule has 1 unspecified atom stereocenters. The lowest BCUT2D eigenvalue weighted by atomic mass is 10.1. The van der Waals surface area contributed by atoms with Crippen molar-refractivity contribution in [2.75, 3.05) is 0 Å². The van der Waals surface area contributed by atoms with Crippen LogP contribution in [0.25, 0.3) is 19.5 Å². The minimum absolute atomic E-state index is 0.0638. The maximum Gasteiger partial charge on any atom is 0.262 e. The van der Waals surface area contributed by atoms with E-state index in [0.717, 1.165) is 25.6 Å². The fraction of sp³-hybridized carbons (Fsp3) is 0.0526. The molecule has 0 spiro atoms. The van der Waals surface area contributed by atoms with Gasteiger partial charge in [-0.3, -0.25) is 4.79 Å². The number of rotatable bonds is 3. The van der Waals surface area contributed by atoms with Crippen molar-refractivity contribution in [2.24, 2.45) is 0 Å². The molecule has 0 aliphatic rings. The number of halogens is 2. The van der Waals surface area contributed by atoms with E-state index in [9.17, 15) is 18.8 Å². The van der Waals surface area contributed by atoms with E-state index in [0.29, 0.717) is 10.9 Å². The van der Waals surface area contributed by atoms with E-state index in [2.05, 4.69) is 5.32 Å². The summed E-state index contributed by atoms with van der Waals surface area (Å²) in [5, 5.41) is 12.9. The van der Waals surface area contributed by atoms with Gasteiger partial charge in [0.25, 0.3) is 5.91 Å². The summed E-state index contributed by atoms with van der Waals surface area (Å²) in [5.74, 6) is -2.06. The van der Waals surface area contributed by atoms with Crippen LogP contribution >= 0.6 is 22.7 Å².